The van der Waals surface area contributed by atoms with Crippen LogP contribution < -0.4 is 0 Å². The van der Waals surface area contributed by atoms with Gasteiger partial charge in [-0.25, -0.2) is 9.67 Å². The van der Waals surface area contributed by atoms with Gasteiger partial charge in [-0.1, -0.05) is 11.8 Å². The van der Waals surface area contributed by atoms with Gasteiger partial charge in [0.25, 0.3) is 0 Å². The number of aryl methyl sites for hydroxylation is 1. The summed E-state index contributed by atoms with van der Waals surface area (Å²) in [7, 11) is 1.90. The molecule has 0 unspecified atom stereocenters. The molecule has 0 saturated carbocycles. The summed E-state index contributed by atoms with van der Waals surface area (Å²) in [6, 6.07) is 2.07. The minimum absolute atomic E-state index is 0.935. The second-order valence-electron chi connectivity index (χ2n) is 2.65. The largest absolute Gasteiger partial charge is 0.244 e. The number of hydrogen-bond acceptors (Lipinski definition) is 4. The van der Waals surface area contributed by atoms with Gasteiger partial charge in [-0.05, 0) is 27.4 Å². The highest BCUT2D eigenvalue weighted by Gasteiger charge is 2.05. The van der Waals surface area contributed by atoms with Crippen LogP contribution in [0.15, 0.2) is 27.4 Å². The molecule has 2 rings (SSSR count). The van der Waals surface area contributed by atoms with E-state index in [2.05, 4.69) is 37.5 Å². The van der Waals surface area contributed by atoms with E-state index in [-0.39, 0.29) is 0 Å². The number of hydrogen-bond donors (Lipinski definition) is 0. The lowest BCUT2D eigenvalue weighted by molar-refractivity contribution is 0.685. The van der Waals surface area contributed by atoms with Gasteiger partial charge in [-0.2, -0.15) is 5.10 Å². The Bertz CT molecular complexity index is 383. The molecule has 0 aliphatic rings. The van der Waals surface area contributed by atoms with Gasteiger partial charge < -0.3 is 0 Å². The summed E-state index contributed by atoms with van der Waals surface area (Å²) < 4.78 is 2.96. The van der Waals surface area contributed by atoms with Crippen LogP contribution in [-0.2, 0) is 12.8 Å². The Morgan fingerprint density at radius 1 is 1.64 bits per heavy atom. The lowest BCUT2D eigenvalue weighted by atomic mass is 10.5. The van der Waals surface area contributed by atoms with Crippen LogP contribution in [0.2, 0.25) is 0 Å². The van der Waals surface area contributed by atoms with Gasteiger partial charge in [-0.3, -0.25) is 0 Å². The highest BCUT2D eigenvalue weighted by molar-refractivity contribution is 9.10. The normalized spacial score (nSPS) is 10.7. The average molecular weight is 290 g/mol. The molecule has 0 aliphatic carbocycles. The van der Waals surface area contributed by atoms with Crippen LogP contribution in [0.5, 0.6) is 0 Å². The number of halogens is 1. The van der Waals surface area contributed by atoms with Gasteiger partial charge in [0.05, 0.1) is 0 Å². The maximum absolute atomic E-state index is 4.15. The lowest BCUT2D eigenvalue weighted by Gasteiger charge is -1.98. The van der Waals surface area contributed by atoms with E-state index in [4.69, 9.17) is 0 Å². The maximum atomic E-state index is 4.15. The van der Waals surface area contributed by atoms with E-state index < -0.39 is 0 Å². The first-order chi connectivity index (χ1) is 6.77. The van der Waals surface area contributed by atoms with Gasteiger partial charge in [-0.15, -0.1) is 11.3 Å². The molecule has 2 aromatic heterocycles. The Labute approximate surface area is 98.7 Å². The lowest BCUT2D eigenvalue weighted by Crippen LogP contribution is -1.92. The summed E-state index contributed by atoms with van der Waals surface area (Å²) >= 11 is 6.95. The summed E-state index contributed by atoms with van der Waals surface area (Å²) in [5.74, 6) is 0.935. The Morgan fingerprint density at radius 3 is 3.07 bits per heavy atom. The SMILES string of the molecule is Cn1ncnc1SCc1sccc1Br. The minimum Gasteiger partial charge on any atom is -0.244 e. The smallest absolute Gasteiger partial charge is 0.186 e. The Balaban J connectivity index is 2.02. The number of rotatable bonds is 3. The molecule has 0 radical (unpaired) electrons. The van der Waals surface area contributed by atoms with Crippen molar-refractivity contribution in [3.05, 3.63) is 27.1 Å². The molecule has 0 N–H and O–H groups in total. The highest BCUT2D eigenvalue weighted by Crippen LogP contribution is 2.29. The molecule has 0 saturated heterocycles. The molecule has 0 fully saturated rings. The molecular formula is C8H8BrN3S2. The maximum Gasteiger partial charge on any atom is 0.186 e. The van der Waals surface area contributed by atoms with Crippen molar-refractivity contribution in [2.24, 2.45) is 7.05 Å². The van der Waals surface area contributed by atoms with E-state index in [0.717, 1.165) is 10.9 Å². The molecule has 0 aliphatic heterocycles. The first-order valence-electron chi connectivity index (χ1n) is 3.96. The molecule has 2 heterocycles. The van der Waals surface area contributed by atoms with Crippen LogP contribution in [0.1, 0.15) is 4.88 Å². The topological polar surface area (TPSA) is 30.7 Å². The predicted octanol–water partition coefficient (Wildman–Crippen LogP) is 2.93. The monoisotopic (exact) mass is 289 g/mol. The summed E-state index contributed by atoms with van der Waals surface area (Å²) in [6.45, 7) is 0. The van der Waals surface area contributed by atoms with Crippen LogP contribution in [0.25, 0.3) is 0 Å². The standard InChI is InChI=1S/C8H8BrN3S2/c1-12-8(10-5-11-12)14-4-7-6(9)2-3-13-7/h2-3,5H,4H2,1H3. The van der Waals surface area contributed by atoms with Gasteiger partial charge in [0, 0.05) is 22.2 Å². The minimum atomic E-state index is 0.935. The zero-order valence-corrected chi connectivity index (χ0v) is 10.7. The summed E-state index contributed by atoms with van der Waals surface area (Å²) in [5.41, 5.74) is 0. The van der Waals surface area contributed by atoms with Crippen LogP contribution >= 0.6 is 39.0 Å². The summed E-state index contributed by atoms with van der Waals surface area (Å²) in [4.78, 5) is 5.48. The third-order valence-electron chi connectivity index (χ3n) is 1.69. The molecule has 0 spiro atoms. The summed E-state index contributed by atoms with van der Waals surface area (Å²) in [5, 5.41) is 7.04. The zero-order valence-electron chi connectivity index (χ0n) is 7.48. The van der Waals surface area contributed by atoms with Crippen LogP contribution in [-0.4, -0.2) is 14.8 Å². The van der Waals surface area contributed by atoms with Crippen LogP contribution in [0.3, 0.4) is 0 Å². The number of aromatic nitrogens is 3. The molecule has 2 aromatic rings. The van der Waals surface area contributed by atoms with Gasteiger partial charge >= 0.3 is 0 Å². The third-order valence-corrected chi connectivity index (χ3v) is 4.86. The van der Waals surface area contributed by atoms with Crippen molar-refractivity contribution in [1.82, 2.24) is 14.8 Å². The van der Waals surface area contributed by atoms with Gasteiger partial charge in [0.15, 0.2) is 5.16 Å². The molecule has 0 amide bonds. The molecular weight excluding hydrogens is 282 g/mol. The van der Waals surface area contributed by atoms with Crippen LogP contribution in [0.4, 0.5) is 0 Å². The Kier molecular flexibility index (Phi) is 3.25. The fourth-order valence-electron chi connectivity index (χ4n) is 0.974. The fraction of sp³-hybridized carbons (Fsp3) is 0.250. The first-order valence-corrected chi connectivity index (χ1v) is 6.62. The van der Waals surface area contributed by atoms with E-state index >= 15 is 0 Å². The second kappa shape index (κ2) is 4.46. The van der Waals surface area contributed by atoms with Crippen molar-refractivity contribution in [3.63, 3.8) is 0 Å². The van der Waals surface area contributed by atoms with E-state index in [1.165, 1.54) is 9.35 Å². The first kappa shape index (κ1) is 10.2. The second-order valence-corrected chi connectivity index (χ2v) is 5.44. The fourth-order valence-corrected chi connectivity index (χ4v) is 3.66. The number of thioether (sulfide) groups is 1. The van der Waals surface area contributed by atoms with Crippen molar-refractivity contribution in [2.45, 2.75) is 10.9 Å². The number of thiophene rings is 1. The molecule has 3 nitrogen and oxygen atoms in total. The quantitative estimate of drug-likeness (QED) is 0.814. The Morgan fingerprint density at radius 2 is 2.50 bits per heavy atom. The molecule has 0 atom stereocenters. The Hall–Kier alpha value is -0.330. The predicted molar refractivity (Wildman–Crippen MR) is 62.6 cm³/mol. The van der Waals surface area contributed by atoms with E-state index in [1.807, 2.05) is 7.05 Å². The summed E-state index contributed by atoms with van der Waals surface area (Å²) in [6.07, 6.45) is 1.58. The van der Waals surface area contributed by atoms with Crippen molar-refractivity contribution in [1.29, 1.82) is 0 Å². The molecule has 14 heavy (non-hydrogen) atoms. The van der Waals surface area contributed by atoms with Crippen molar-refractivity contribution >= 4 is 39.0 Å². The number of nitrogens with zero attached hydrogens (tertiary/aromatic N) is 3. The zero-order chi connectivity index (χ0) is 9.97. The van der Waals surface area contributed by atoms with Gasteiger partial charge in [0.2, 0.25) is 0 Å². The van der Waals surface area contributed by atoms with Crippen molar-refractivity contribution in [3.8, 4) is 0 Å². The van der Waals surface area contributed by atoms with Crippen molar-refractivity contribution < 1.29 is 0 Å². The average Bonchev–Trinajstić information content (AvgIpc) is 2.72. The van der Waals surface area contributed by atoms with Crippen LogP contribution in [0, 0.1) is 0 Å². The van der Waals surface area contributed by atoms with E-state index in [1.54, 1.807) is 34.1 Å². The van der Waals surface area contributed by atoms with Gasteiger partial charge in [0.1, 0.15) is 6.33 Å². The third kappa shape index (κ3) is 2.18. The molecule has 0 aromatic carbocycles. The molecule has 74 valence electrons. The molecule has 6 heteroatoms. The highest BCUT2D eigenvalue weighted by atomic mass is 79.9. The van der Waals surface area contributed by atoms with E-state index in [9.17, 15) is 0 Å². The van der Waals surface area contributed by atoms with E-state index in [0.29, 0.717) is 0 Å². The molecule has 0 bridgehead atoms. The van der Waals surface area contributed by atoms with Crippen molar-refractivity contribution in [2.75, 3.05) is 0 Å².